The van der Waals surface area contributed by atoms with Gasteiger partial charge in [0.25, 0.3) is 5.91 Å². The fourth-order valence-electron chi connectivity index (χ4n) is 3.20. The van der Waals surface area contributed by atoms with Gasteiger partial charge in [0.15, 0.2) is 0 Å². The molecule has 1 aliphatic heterocycles. The predicted molar refractivity (Wildman–Crippen MR) is 90.2 cm³/mol. The van der Waals surface area contributed by atoms with E-state index in [9.17, 15) is 9.18 Å². The maximum atomic E-state index is 13.9. The molecular weight excluding hydrogens is 307 g/mol. The topological polar surface area (TPSA) is 59.0 Å². The van der Waals surface area contributed by atoms with Gasteiger partial charge in [0.2, 0.25) is 0 Å². The minimum atomic E-state index is -0.449. The highest BCUT2D eigenvalue weighted by Crippen LogP contribution is 2.29. The van der Waals surface area contributed by atoms with Crippen LogP contribution in [0, 0.1) is 5.82 Å². The molecule has 1 amide bonds. The standard InChI is InChI=1S/C18H17FN4O/c1-20-10-11-2-4-12(5-3-11)17-22-15-9-13(19)8-14-16(15)23(17)7-6-21-18(14)24/h2-5,8-9,20H,6-7,10H2,1H3,(H,21,24). The zero-order valence-corrected chi connectivity index (χ0v) is 13.3. The SMILES string of the molecule is CNCc1ccc(-c2nc3cc(F)cc4c3n2CCNC4=O)cc1. The maximum absolute atomic E-state index is 13.9. The average molecular weight is 324 g/mol. The van der Waals surface area contributed by atoms with E-state index in [0.717, 1.165) is 17.9 Å². The summed E-state index contributed by atoms with van der Waals surface area (Å²) in [7, 11) is 1.91. The third-order valence-corrected chi connectivity index (χ3v) is 4.27. The van der Waals surface area contributed by atoms with E-state index in [4.69, 9.17) is 0 Å². The van der Waals surface area contributed by atoms with Crippen molar-refractivity contribution in [1.29, 1.82) is 0 Å². The van der Waals surface area contributed by atoms with Gasteiger partial charge in [-0.2, -0.15) is 0 Å². The number of imidazole rings is 1. The Hall–Kier alpha value is -2.73. The van der Waals surface area contributed by atoms with E-state index in [-0.39, 0.29) is 5.91 Å². The lowest BCUT2D eigenvalue weighted by atomic mass is 10.1. The molecule has 1 aliphatic rings. The summed E-state index contributed by atoms with van der Waals surface area (Å²) in [5, 5.41) is 5.92. The largest absolute Gasteiger partial charge is 0.350 e. The van der Waals surface area contributed by atoms with Gasteiger partial charge in [0, 0.05) is 31.3 Å². The Kier molecular flexibility index (Phi) is 3.54. The van der Waals surface area contributed by atoms with Gasteiger partial charge in [-0.05, 0) is 18.7 Å². The highest BCUT2D eigenvalue weighted by atomic mass is 19.1. The summed E-state index contributed by atoms with van der Waals surface area (Å²) in [6.07, 6.45) is 0. The van der Waals surface area contributed by atoms with Crippen LogP contribution in [0.5, 0.6) is 0 Å². The minimum absolute atomic E-state index is 0.255. The molecule has 2 N–H and O–H groups in total. The Morgan fingerprint density at radius 2 is 2.08 bits per heavy atom. The number of carbonyl (C=O) groups excluding carboxylic acids is 1. The molecule has 0 aliphatic carbocycles. The number of nitrogens with zero attached hydrogens (tertiary/aromatic N) is 2. The highest BCUT2D eigenvalue weighted by Gasteiger charge is 2.23. The van der Waals surface area contributed by atoms with E-state index in [1.807, 2.05) is 35.9 Å². The molecule has 0 unspecified atom stereocenters. The molecular formula is C18H17FN4O. The number of rotatable bonds is 3. The van der Waals surface area contributed by atoms with Crippen LogP contribution < -0.4 is 10.6 Å². The Balaban J connectivity index is 1.91. The molecule has 0 atom stereocenters. The molecule has 0 saturated heterocycles. The monoisotopic (exact) mass is 324 g/mol. The first-order valence-corrected chi connectivity index (χ1v) is 7.89. The third kappa shape index (κ3) is 2.35. The molecule has 2 aromatic carbocycles. The van der Waals surface area contributed by atoms with Crippen molar-refractivity contribution in [2.24, 2.45) is 0 Å². The quantitative estimate of drug-likeness (QED) is 0.777. The predicted octanol–water partition coefficient (Wildman–Crippen LogP) is 2.31. The number of halogens is 1. The summed E-state index contributed by atoms with van der Waals surface area (Å²) in [5.74, 6) is 0.0496. The second-order valence-corrected chi connectivity index (χ2v) is 5.89. The fourth-order valence-corrected chi connectivity index (χ4v) is 3.20. The molecule has 4 rings (SSSR count). The van der Waals surface area contributed by atoms with Gasteiger partial charge >= 0.3 is 0 Å². The lowest BCUT2D eigenvalue weighted by molar-refractivity contribution is 0.0956. The molecule has 2 heterocycles. The maximum Gasteiger partial charge on any atom is 0.253 e. The first kappa shape index (κ1) is 14.8. The zero-order valence-electron chi connectivity index (χ0n) is 13.3. The van der Waals surface area contributed by atoms with Crippen LogP contribution in [0.25, 0.3) is 22.4 Å². The van der Waals surface area contributed by atoms with Gasteiger partial charge < -0.3 is 15.2 Å². The van der Waals surface area contributed by atoms with Crippen molar-refractivity contribution in [1.82, 2.24) is 20.2 Å². The van der Waals surface area contributed by atoms with Crippen molar-refractivity contribution >= 4 is 16.9 Å². The Morgan fingerprint density at radius 3 is 2.83 bits per heavy atom. The van der Waals surface area contributed by atoms with Gasteiger partial charge in [-0.3, -0.25) is 4.79 Å². The molecule has 1 aromatic heterocycles. The third-order valence-electron chi connectivity index (χ3n) is 4.27. The summed E-state index contributed by atoms with van der Waals surface area (Å²) < 4.78 is 15.9. The van der Waals surface area contributed by atoms with E-state index in [1.165, 1.54) is 17.7 Å². The summed E-state index contributed by atoms with van der Waals surface area (Å²) in [6, 6.07) is 10.8. The number of carbonyl (C=O) groups is 1. The van der Waals surface area contributed by atoms with Crippen LogP contribution in [0.4, 0.5) is 4.39 Å². The molecule has 24 heavy (non-hydrogen) atoms. The van der Waals surface area contributed by atoms with E-state index in [2.05, 4.69) is 15.6 Å². The van der Waals surface area contributed by atoms with E-state index < -0.39 is 5.82 Å². The Bertz CT molecular complexity index is 930. The van der Waals surface area contributed by atoms with Crippen LogP contribution >= 0.6 is 0 Å². The van der Waals surface area contributed by atoms with Gasteiger partial charge in [-0.1, -0.05) is 24.3 Å². The zero-order chi connectivity index (χ0) is 16.7. The summed E-state index contributed by atoms with van der Waals surface area (Å²) in [4.78, 5) is 16.8. The van der Waals surface area contributed by atoms with Crippen LogP contribution in [0.1, 0.15) is 15.9 Å². The molecule has 5 nitrogen and oxygen atoms in total. The minimum Gasteiger partial charge on any atom is -0.350 e. The first-order valence-electron chi connectivity index (χ1n) is 7.89. The number of benzene rings is 2. The molecule has 0 saturated carbocycles. The molecule has 0 spiro atoms. The molecule has 6 heteroatoms. The molecule has 0 fully saturated rings. The number of hydrogen-bond donors (Lipinski definition) is 2. The molecule has 0 bridgehead atoms. The number of aromatic nitrogens is 2. The van der Waals surface area contributed by atoms with Gasteiger partial charge in [-0.15, -0.1) is 0 Å². The van der Waals surface area contributed by atoms with E-state index in [1.54, 1.807) is 0 Å². The second kappa shape index (κ2) is 5.72. The van der Waals surface area contributed by atoms with Crippen LogP contribution in [0.2, 0.25) is 0 Å². The number of hydrogen-bond acceptors (Lipinski definition) is 3. The summed E-state index contributed by atoms with van der Waals surface area (Å²) in [6.45, 7) is 1.89. The number of amides is 1. The smallest absolute Gasteiger partial charge is 0.253 e. The molecule has 3 aromatic rings. The van der Waals surface area contributed by atoms with Crippen LogP contribution in [-0.2, 0) is 13.1 Å². The van der Waals surface area contributed by atoms with Crippen LogP contribution in [-0.4, -0.2) is 29.1 Å². The second-order valence-electron chi connectivity index (χ2n) is 5.89. The summed E-state index contributed by atoms with van der Waals surface area (Å²) in [5.41, 5.74) is 3.67. The average Bonchev–Trinajstić information content (AvgIpc) is 2.84. The Labute approximate surface area is 138 Å². The van der Waals surface area contributed by atoms with Gasteiger partial charge in [0.1, 0.15) is 11.6 Å². The Morgan fingerprint density at radius 1 is 1.29 bits per heavy atom. The highest BCUT2D eigenvalue weighted by molar-refractivity contribution is 6.06. The fraction of sp³-hybridized carbons (Fsp3) is 0.222. The van der Waals surface area contributed by atoms with Crippen LogP contribution in [0.3, 0.4) is 0 Å². The number of nitrogens with one attached hydrogen (secondary N) is 2. The summed E-state index contributed by atoms with van der Waals surface area (Å²) >= 11 is 0. The van der Waals surface area contributed by atoms with Crippen molar-refractivity contribution in [3.8, 4) is 11.4 Å². The van der Waals surface area contributed by atoms with Crippen LogP contribution in [0.15, 0.2) is 36.4 Å². The van der Waals surface area contributed by atoms with Crippen molar-refractivity contribution in [2.45, 2.75) is 13.1 Å². The van der Waals surface area contributed by atoms with Gasteiger partial charge in [0.05, 0.1) is 16.6 Å². The van der Waals surface area contributed by atoms with E-state index in [0.29, 0.717) is 29.7 Å². The molecule has 122 valence electrons. The van der Waals surface area contributed by atoms with Crippen molar-refractivity contribution in [3.63, 3.8) is 0 Å². The molecule has 0 radical (unpaired) electrons. The lowest BCUT2D eigenvalue weighted by Gasteiger charge is -2.08. The van der Waals surface area contributed by atoms with Gasteiger partial charge in [-0.25, -0.2) is 9.37 Å². The van der Waals surface area contributed by atoms with E-state index >= 15 is 0 Å². The first-order chi connectivity index (χ1) is 11.7. The lowest BCUT2D eigenvalue weighted by Crippen LogP contribution is -2.24. The van der Waals surface area contributed by atoms with Crippen molar-refractivity contribution in [3.05, 3.63) is 53.3 Å². The van der Waals surface area contributed by atoms with Crippen molar-refractivity contribution < 1.29 is 9.18 Å². The van der Waals surface area contributed by atoms with Crippen molar-refractivity contribution in [2.75, 3.05) is 13.6 Å². The normalized spacial score (nSPS) is 13.8.